The third kappa shape index (κ3) is 4.40. The monoisotopic (exact) mass is 291 g/mol. The molecule has 0 N–H and O–H groups in total. The molecule has 0 spiro atoms. The summed E-state index contributed by atoms with van der Waals surface area (Å²) in [5, 5.41) is 21.6. The summed E-state index contributed by atoms with van der Waals surface area (Å²) in [6.45, 7) is -0.105. The molecule has 8 nitrogen and oxygen atoms in total. The van der Waals surface area contributed by atoms with E-state index >= 15 is 0 Å². The molecule has 0 saturated carbocycles. The molecule has 0 radical (unpaired) electrons. The van der Waals surface area contributed by atoms with Gasteiger partial charge in [-0.2, -0.15) is 0 Å². The number of nitrogens with zero attached hydrogens (tertiary/aromatic N) is 1. The van der Waals surface area contributed by atoms with E-state index in [0.29, 0.717) is 4.90 Å². The van der Waals surface area contributed by atoms with Crippen molar-refractivity contribution >= 4 is 17.8 Å². The summed E-state index contributed by atoms with van der Waals surface area (Å²) in [7, 11) is 1.44. The standard InChI is InChI=1S/C9H13NO7.2Na/c1-16-2-3-17-5-10-6(11)4-9(10,7(12)13)8(14)15;;/h2-5H2,1H3,(H,12,13)(H,14,15);;/q;2*+1/p-2. The smallest absolute Gasteiger partial charge is 0.547 e. The van der Waals surface area contributed by atoms with Crippen LogP contribution in [0.2, 0.25) is 0 Å². The quantitative estimate of drug-likeness (QED) is 0.198. The van der Waals surface area contributed by atoms with Gasteiger partial charge < -0.3 is 34.2 Å². The fourth-order valence-electron chi connectivity index (χ4n) is 1.46. The summed E-state index contributed by atoms with van der Waals surface area (Å²) in [6, 6.07) is 0. The van der Waals surface area contributed by atoms with E-state index in [-0.39, 0.29) is 72.3 Å². The second-order valence-electron chi connectivity index (χ2n) is 3.46. The molecule has 96 valence electrons. The van der Waals surface area contributed by atoms with Crippen LogP contribution in [-0.4, -0.2) is 55.3 Å². The first kappa shape index (κ1) is 21.6. The summed E-state index contributed by atoms with van der Waals surface area (Å²) >= 11 is 0. The number of hydrogen-bond acceptors (Lipinski definition) is 7. The predicted octanol–water partition coefficient (Wildman–Crippen LogP) is -9.91. The number of aliphatic carboxylic acids is 2. The summed E-state index contributed by atoms with van der Waals surface area (Å²) in [5.74, 6) is -4.41. The first-order chi connectivity index (χ1) is 7.96. The average molecular weight is 291 g/mol. The van der Waals surface area contributed by atoms with Gasteiger partial charge in [0.25, 0.3) is 0 Å². The average Bonchev–Trinajstić information content (AvgIpc) is 2.24. The van der Waals surface area contributed by atoms with Crippen LogP contribution in [0.5, 0.6) is 0 Å². The number of methoxy groups -OCH3 is 1. The second-order valence-corrected chi connectivity index (χ2v) is 3.46. The van der Waals surface area contributed by atoms with Gasteiger partial charge in [0.15, 0.2) is 0 Å². The Balaban J connectivity index is 0. The number of carbonyl (C=O) groups is 3. The Bertz CT molecular complexity index is 335. The van der Waals surface area contributed by atoms with Crippen molar-refractivity contribution in [3.8, 4) is 0 Å². The number of amides is 1. The van der Waals surface area contributed by atoms with Gasteiger partial charge in [0.2, 0.25) is 5.91 Å². The van der Waals surface area contributed by atoms with Crippen molar-refractivity contribution in [2.75, 3.05) is 27.1 Å². The van der Waals surface area contributed by atoms with E-state index in [0.717, 1.165) is 0 Å². The largest absolute Gasteiger partial charge is 1.00 e. The topological polar surface area (TPSA) is 119 Å². The molecule has 1 saturated heterocycles. The van der Waals surface area contributed by atoms with Crippen molar-refractivity contribution in [2.45, 2.75) is 12.0 Å². The number of β-lactam (4-membered cyclic amide) rings is 1. The van der Waals surface area contributed by atoms with Gasteiger partial charge in [-0.25, -0.2) is 0 Å². The molecule has 0 aliphatic carbocycles. The van der Waals surface area contributed by atoms with E-state index in [2.05, 4.69) is 4.74 Å². The van der Waals surface area contributed by atoms with E-state index in [1.165, 1.54) is 7.11 Å². The minimum Gasteiger partial charge on any atom is -0.547 e. The molecule has 0 aromatic heterocycles. The molecular formula is C9H11NNa2O7. The van der Waals surface area contributed by atoms with Crippen LogP contribution < -0.4 is 69.3 Å². The fourth-order valence-corrected chi connectivity index (χ4v) is 1.46. The molecular weight excluding hydrogens is 280 g/mol. The van der Waals surface area contributed by atoms with Gasteiger partial charge in [0, 0.05) is 7.11 Å². The van der Waals surface area contributed by atoms with E-state index in [9.17, 15) is 24.6 Å². The van der Waals surface area contributed by atoms with Gasteiger partial charge in [-0.1, -0.05) is 0 Å². The number of hydrogen-bond donors (Lipinski definition) is 0. The van der Waals surface area contributed by atoms with Crippen LogP contribution in [0.25, 0.3) is 0 Å². The summed E-state index contributed by atoms with van der Waals surface area (Å²) < 4.78 is 9.57. The van der Waals surface area contributed by atoms with E-state index in [1.807, 2.05) is 0 Å². The molecule has 0 aromatic rings. The summed E-state index contributed by atoms with van der Waals surface area (Å²) in [4.78, 5) is 33.3. The summed E-state index contributed by atoms with van der Waals surface area (Å²) in [6.07, 6.45) is -0.675. The SMILES string of the molecule is COCCOCN1C(=O)CC1(C(=O)[O-])C(=O)[O-].[Na+].[Na+]. The van der Waals surface area contributed by atoms with Crippen LogP contribution in [0, 0.1) is 0 Å². The first-order valence-electron chi connectivity index (χ1n) is 4.77. The van der Waals surface area contributed by atoms with Gasteiger partial charge in [0.05, 0.1) is 31.6 Å². The van der Waals surface area contributed by atoms with Gasteiger partial charge in [-0.15, -0.1) is 0 Å². The molecule has 1 aliphatic rings. The van der Waals surface area contributed by atoms with Crippen LogP contribution in [-0.2, 0) is 23.9 Å². The zero-order chi connectivity index (χ0) is 13.1. The minimum atomic E-state index is -2.41. The van der Waals surface area contributed by atoms with E-state index < -0.39 is 36.5 Å². The zero-order valence-electron chi connectivity index (χ0n) is 11.1. The maximum Gasteiger partial charge on any atom is 1.00 e. The third-order valence-corrected chi connectivity index (χ3v) is 2.50. The molecule has 1 aliphatic heterocycles. The molecule has 0 bridgehead atoms. The van der Waals surface area contributed by atoms with Crippen molar-refractivity contribution < 1.29 is 93.2 Å². The number of ether oxygens (including phenoxy) is 2. The van der Waals surface area contributed by atoms with Gasteiger partial charge >= 0.3 is 59.1 Å². The van der Waals surface area contributed by atoms with Crippen LogP contribution >= 0.6 is 0 Å². The zero-order valence-corrected chi connectivity index (χ0v) is 15.1. The van der Waals surface area contributed by atoms with Crippen LogP contribution in [0.3, 0.4) is 0 Å². The molecule has 0 atom stereocenters. The number of likely N-dealkylation sites (tertiary alicyclic amines) is 1. The van der Waals surface area contributed by atoms with Gasteiger partial charge in [-0.05, 0) is 0 Å². The first-order valence-corrected chi connectivity index (χ1v) is 4.77. The Labute approximate surface area is 154 Å². The van der Waals surface area contributed by atoms with Crippen molar-refractivity contribution in [1.82, 2.24) is 4.90 Å². The molecule has 10 heteroatoms. The maximum absolute atomic E-state index is 11.2. The number of carboxylic acid groups (broad SMARTS) is 2. The Morgan fingerprint density at radius 2 is 1.79 bits per heavy atom. The number of rotatable bonds is 7. The Morgan fingerprint density at radius 3 is 2.16 bits per heavy atom. The molecule has 0 unspecified atom stereocenters. The van der Waals surface area contributed by atoms with Crippen molar-refractivity contribution in [3.05, 3.63) is 0 Å². The molecule has 0 aromatic carbocycles. The Morgan fingerprint density at radius 1 is 1.26 bits per heavy atom. The second kappa shape index (κ2) is 9.30. The number of carbonyl (C=O) groups excluding carboxylic acids is 3. The minimum absolute atomic E-state index is 0. The normalized spacial score (nSPS) is 15.8. The van der Waals surface area contributed by atoms with Crippen LogP contribution in [0.1, 0.15) is 6.42 Å². The molecule has 1 fully saturated rings. The van der Waals surface area contributed by atoms with Gasteiger partial charge in [-0.3, -0.25) is 4.79 Å². The fraction of sp³-hybridized carbons (Fsp3) is 0.667. The van der Waals surface area contributed by atoms with Gasteiger partial charge in [0.1, 0.15) is 12.3 Å². The van der Waals surface area contributed by atoms with Crippen LogP contribution in [0.15, 0.2) is 0 Å². The van der Waals surface area contributed by atoms with Crippen LogP contribution in [0.4, 0.5) is 0 Å². The van der Waals surface area contributed by atoms with Crippen molar-refractivity contribution in [3.63, 3.8) is 0 Å². The number of carboxylic acids is 2. The molecule has 1 heterocycles. The molecule has 1 rings (SSSR count). The Kier molecular flexibility index (Phi) is 10.6. The van der Waals surface area contributed by atoms with Crippen molar-refractivity contribution in [2.24, 2.45) is 0 Å². The Hall–Kier alpha value is 0.330. The maximum atomic E-state index is 11.2. The van der Waals surface area contributed by atoms with E-state index in [1.54, 1.807) is 0 Å². The summed E-state index contributed by atoms with van der Waals surface area (Å²) in [5.41, 5.74) is -2.41. The molecule has 1 amide bonds. The predicted molar refractivity (Wildman–Crippen MR) is 46.9 cm³/mol. The van der Waals surface area contributed by atoms with Crippen molar-refractivity contribution in [1.29, 1.82) is 0 Å². The third-order valence-electron chi connectivity index (χ3n) is 2.50. The molecule has 19 heavy (non-hydrogen) atoms. The van der Waals surface area contributed by atoms with E-state index in [4.69, 9.17) is 4.74 Å².